The van der Waals surface area contributed by atoms with Crippen LogP contribution in [0.25, 0.3) is 0 Å². The van der Waals surface area contributed by atoms with Crippen molar-refractivity contribution in [1.29, 1.82) is 0 Å². The van der Waals surface area contributed by atoms with Gasteiger partial charge in [-0.1, -0.05) is 35.3 Å². The lowest BCUT2D eigenvalue weighted by Gasteiger charge is -2.23. The second-order valence-electron chi connectivity index (χ2n) is 4.89. The van der Waals surface area contributed by atoms with Gasteiger partial charge in [-0.2, -0.15) is 0 Å². The zero-order valence-electron chi connectivity index (χ0n) is 10.5. The molecule has 0 aliphatic carbocycles. The van der Waals surface area contributed by atoms with Crippen LogP contribution in [0, 0.1) is 5.92 Å². The number of hydrogen-bond donors (Lipinski definition) is 1. The van der Waals surface area contributed by atoms with E-state index in [4.69, 9.17) is 0 Å². The summed E-state index contributed by atoms with van der Waals surface area (Å²) in [5.41, 5.74) is 2.22. The molecular formula is C14H20BrNO. The third kappa shape index (κ3) is 2.83. The highest BCUT2D eigenvalue weighted by Gasteiger charge is 2.23. The predicted octanol–water partition coefficient (Wildman–Crippen LogP) is 3.74. The molecule has 1 N–H and O–H groups in total. The van der Waals surface area contributed by atoms with E-state index in [2.05, 4.69) is 33.8 Å². The quantitative estimate of drug-likeness (QED) is 0.919. The number of nitrogens with zero attached hydrogens (tertiary/aromatic N) is 1. The Morgan fingerprint density at radius 3 is 2.88 bits per heavy atom. The molecule has 2 atom stereocenters. The van der Waals surface area contributed by atoms with Crippen LogP contribution in [0.15, 0.2) is 22.7 Å². The number of anilines is 1. The fraction of sp³-hybridized carbons (Fsp3) is 0.571. The number of benzene rings is 1. The summed E-state index contributed by atoms with van der Waals surface area (Å²) >= 11 is 3.52. The van der Waals surface area contributed by atoms with Gasteiger partial charge in [0, 0.05) is 28.8 Å². The number of aliphatic hydroxyl groups excluding tert-OH is 1. The average molecular weight is 298 g/mol. The lowest BCUT2D eigenvalue weighted by atomic mass is 10.1. The molecule has 0 bridgehead atoms. The van der Waals surface area contributed by atoms with Crippen LogP contribution in [0.5, 0.6) is 0 Å². The molecule has 3 heteroatoms. The number of aliphatic hydroxyl groups is 1. The summed E-state index contributed by atoms with van der Waals surface area (Å²) in [5.74, 6) is 0.802. The molecule has 17 heavy (non-hydrogen) atoms. The molecule has 1 aliphatic heterocycles. The molecule has 0 amide bonds. The highest BCUT2D eigenvalue weighted by molar-refractivity contribution is 9.10. The van der Waals surface area contributed by atoms with Crippen LogP contribution >= 0.6 is 15.9 Å². The summed E-state index contributed by atoms with van der Waals surface area (Å²) in [6, 6.07) is 6.14. The normalized spacial score (nSPS) is 21.9. The SMILES string of the molecule is CCC1CCN(c2cc(Br)ccc2C(C)O)C1. The van der Waals surface area contributed by atoms with Crippen molar-refractivity contribution in [2.75, 3.05) is 18.0 Å². The van der Waals surface area contributed by atoms with Crippen LogP contribution in [0.4, 0.5) is 5.69 Å². The van der Waals surface area contributed by atoms with Crippen molar-refractivity contribution in [3.63, 3.8) is 0 Å². The smallest absolute Gasteiger partial charge is 0.0782 e. The highest BCUT2D eigenvalue weighted by atomic mass is 79.9. The van der Waals surface area contributed by atoms with Crippen LogP contribution in [0.2, 0.25) is 0 Å². The minimum atomic E-state index is -0.404. The lowest BCUT2D eigenvalue weighted by molar-refractivity contribution is 0.199. The van der Waals surface area contributed by atoms with E-state index in [9.17, 15) is 5.11 Å². The number of rotatable bonds is 3. The molecule has 2 unspecified atom stereocenters. The maximum atomic E-state index is 9.84. The van der Waals surface area contributed by atoms with Gasteiger partial charge in [-0.15, -0.1) is 0 Å². The van der Waals surface area contributed by atoms with Crippen molar-refractivity contribution in [3.8, 4) is 0 Å². The molecule has 1 aromatic carbocycles. The van der Waals surface area contributed by atoms with Gasteiger partial charge in [-0.25, -0.2) is 0 Å². The zero-order valence-corrected chi connectivity index (χ0v) is 12.1. The summed E-state index contributed by atoms with van der Waals surface area (Å²) in [5, 5.41) is 9.84. The van der Waals surface area contributed by atoms with Gasteiger partial charge in [-0.3, -0.25) is 0 Å². The van der Waals surface area contributed by atoms with Gasteiger partial charge < -0.3 is 10.0 Å². The molecule has 2 rings (SSSR count). The molecule has 94 valence electrons. The van der Waals surface area contributed by atoms with Crippen molar-refractivity contribution in [1.82, 2.24) is 0 Å². The van der Waals surface area contributed by atoms with Crippen molar-refractivity contribution < 1.29 is 5.11 Å². The molecule has 0 saturated carbocycles. The second-order valence-corrected chi connectivity index (χ2v) is 5.80. The van der Waals surface area contributed by atoms with Gasteiger partial charge in [0.25, 0.3) is 0 Å². The van der Waals surface area contributed by atoms with Crippen LogP contribution in [0.1, 0.15) is 38.4 Å². The highest BCUT2D eigenvalue weighted by Crippen LogP contribution is 2.33. The minimum Gasteiger partial charge on any atom is -0.389 e. The summed E-state index contributed by atoms with van der Waals surface area (Å²) in [6.07, 6.45) is 2.11. The van der Waals surface area contributed by atoms with E-state index in [1.165, 1.54) is 18.5 Å². The molecule has 1 heterocycles. The standard InChI is InChI=1S/C14H20BrNO/c1-3-11-6-7-16(9-11)14-8-12(15)4-5-13(14)10(2)17/h4-5,8,10-11,17H,3,6-7,9H2,1-2H3. The van der Waals surface area contributed by atoms with Crippen molar-refractivity contribution >= 4 is 21.6 Å². The third-order valence-electron chi connectivity index (χ3n) is 3.65. The maximum Gasteiger partial charge on any atom is 0.0782 e. The number of hydrogen-bond acceptors (Lipinski definition) is 2. The Kier molecular flexibility index (Phi) is 4.10. The molecular weight excluding hydrogens is 278 g/mol. The Morgan fingerprint density at radius 2 is 2.29 bits per heavy atom. The summed E-state index contributed by atoms with van der Waals surface area (Å²) < 4.78 is 1.08. The van der Waals surface area contributed by atoms with E-state index in [-0.39, 0.29) is 0 Å². The Balaban J connectivity index is 2.27. The summed E-state index contributed by atoms with van der Waals surface area (Å²) in [4.78, 5) is 2.40. The van der Waals surface area contributed by atoms with E-state index >= 15 is 0 Å². The third-order valence-corrected chi connectivity index (χ3v) is 4.14. The molecule has 1 aromatic rings. The van der Waals surface area contributed by atoms with Crippen LogP contribution < -0.4 is 4.90 Å². The van der Waals surface area contributed by atoms with Gasteiger partial charge in [-0.05, 0) is 31.4 Å². The van der Waals surface area contributed by atoms with Crippen molar-refractivity contribution in [3.05, 3.63) is 28.2 Å². The van der Waals surface area contributed by atoms with E-state index in [1.807, 2.05) is 19.1 Å². The Hall–Kier alpha value is -0.540. The van der Waals surface area contributed by atoms with Crippen molar-refractivity contribution in [2.24, 2.45) is 5.92 Å². The average Bonchev–Trinajstić information content (AvgIpc) is 2.76. The molecule has 1 saturated heterocycles. The van der Waals surface area contributed by atoms with Gasteiger partial charge in [0.2, 0.25) is 0 Å². The summed E-state index contributed by atoms with van der Waals surface area (Å²) in [7, 11) is 0. The molecule has 0 spiro atoms. The maximum absolute atomic E-state index is 9.84. The molecule has 0 radical (unpaired) electrons. The zero-order chi connectivity index (χ0) is 12.4. The Morgan fingerprint density at radius 1 is 1.53 bits per heavy atom. The van der Waals surface area contributed by atoms with Crippen LogP contribution in [-0.4, -0.2) is 18.2 Å². The van der Waals surface area contributed by atoms with E-state index in [1.54, 1.807) is 0 Å². The molecule has 0 aromatic heterocycles. The van der Waals surface area contributed by atoms with E-state index in [0.717, 1.165) is 29.0 Å². The Bertz CT molecular complexity index is 392. The van der Waals surface area contributed by atoms with Gasteiger partial charge in [0.15, 0.2) is 0 Å². The van der Waals surface area contributed by atoms with Crippen molar-refractivity contribution in [2.45, 2.75) is 32.8 Å². The lowest BCUT2D eigenvalue weighted by Crippen LogP contribution is -2.21. The predicted molar refractivity (Wildman–Crippen MR) is 75.4 cm³/mol. The molecule has 1 fully saturated rings. The van der Waals surface area contributed by atoms with Gasteiger partial charge in [0.05, 0.1) is 6.10 Å². The summed E-state index contributed by atoms with van der Waals surface area (Å²) in [6.45, 7) is 6.31. The van der Waals surface area contributed by atoms with Crippen LogP contribution in [-0.2, 0) is 0 Å². The fourth-order valence-electron chi connectivity index (χ4n) is 2.53. The van der Waals surface area contributed by atoms with E-state index < -0.39 is 6.10 Å². The Labute approximate surface area is 112 Å². The van der Waals surface area contributed by atoms with Gasteiger partial charge in [0.1, 0.15) is 0 Å². The number of halogens is 1. The first-order valence-electron chi connectivity index (χ1n) is 6.34. The first-order chi connectivity index (χ1) is 8.11. The molecule has 2 nitrogen and oxygen atoms in total. The minimum absolute atomic E-state index is 0.404. The second kappa shape index (κ2) is 5.40. The van der Waals surface area contributed by atoms with Crippen LogP contribution in [0.3, 0.4) is 0 Å². The first-order valence-corrected chi connectivity index (χ1v) is 7.13. The molecule has 1 aliphatic rings. The largest absolute Gasteiger partial charge is 0.389 e. The monoisotopic (exact) mass is 297 g/mol. The topological polar surface area (TPSA) is 23.5 Å². The first kappa shape index (κ1) is 12.9. The fourth-order valence-corrected chi connectivity index (χ4v) is 2.88. The van der Waals surface area contributed by atoms with E-state index in [0.29, 0.717) is 0 Å². The van der Waals surface area contributed by atoms with Gasteiger partial charge >= 0.3 is 0 Å².